The Balaban J connectivity index is 4.47. The van der Waals surface area contributed by atoms with Crippen LogP contribution in [0.5, 0.6) is 0 Å². The van der Waals surface area contributed by atoms with Crippen molar-refractivity contribution in [2.75, 3.05) is 13.2 Å². The van der Waals surface area contributed by atoms with E-state index in [1.54, 1.807) is 0 Å². The van der Waals surface area contributed by atoms with E-state index in [0.29, 0.717) is 19.3 Å². The minimum Gasteiger partial charge on any atom is -0.462 e. The first-order chi connectivity index (χ1) is 31.0. The lowest BCUT2D eigenvalue weighted by atomic mass is 10.1. The summed E-state index contributed by atoms with van der Waals surface area (Å²) in [5.74, 6) is -0.949. The molecule has 0 spiro atoms. The van der Waals surface area contributed by atoms with E-state index in [4.69, 9.17) is 14.2 Å². The van der Waals surface area contributed by atoms with Gasteiger partial charge in [0.05, 0.1) is 0 Å². The molecule has 0 radical (unpaired) electrons. The number of carbonyl (C=O) groups is 3. The second-order valence-electron chi connectivity index (χ2n) is 17.4. The summed E-state index contributed by atoms with van der Waals surface area (Å²) in [7, 11) is 0. The second-order valence-corrected chi connectivity index (χ2v) is 17.4. The number of hydrogen-bond acceptors (Lipinski definition) is 6. The number of esters is 3. The highest BCUT2D eigenvalue weighted by atomic mass is 16.6. The van der Waals surface area contributed by atoms with Crippen molar-refractivity contribution >= 4 is 17.9 Å². The minimum atomic E-state index is -0.798. The molecule has 0 aromatic heterocycles. The largest absolute Gasteiger partial charge is 0.462 e. The highest BCUT2D eigenvalue weighted by molar-refractivity contribution is 5.71. The van der Waals surface area contributed by atoms with Gasteiger partial charge in [-0.3, -0.25) is 14.4 Å². The van der Waals surface area contributed by atoms with Gasteiger partial charge in [0.15, 0.2) is 6.10 Å². The molecule has 0 amide bonds. The Morgan fingerprint density at radius 3 is 1.00 bits per heavy atom. The molecular weight excluding hydrogens is 781 g/mol. The molecule has 0 saturated carbocycles. The molecule has 362 valence electrons. The van der Waals surface area contributed by atoms with E-state index in [1.165, 1.54) is 96.3 Å². The lowest BCUT2D eigenvalue weighted by molar-refractivity contribution is -0.167. The summed E-state index contributed by atoms with van der Waals surface area (Å²) < 4.78 is 16.8. The smallest absolute Gasteiger partial charge is 0.306 e. The molecule has 0 aliphatic heterocycles. The molecule has 0 aliphatic carbocycles. The van der Waals surface area contributed by atoms with E-state index >= 15 is 0 Å². The Bertz CT molecular complexity index is 1190. The Morgan fingerprint density at radius 1 is 0.333 bits per heavy atom. The maximum absolute atomic E-state index is 12.8. The van der Waals surface area contributed by atoms with Crippen molar-refractivity contribution in [3.05, 3.63) is 72.9 Å². The van der Waals surface area contributed by atoms with Crippen LogP contribution in [-0.4, -0.2) is 37.2 Å². The molecule has 63 heavy (non-hydrogen) atoms. The van der Waals surface area contributed by atoms with Crippen LogP contribution in [0.4, 0.5) is 0 Å². The zero-order valence-corrected chi connectivity index (χ0v) is 41.3. The average Bonchev–Trinajstić information content (AvgIpc) is 3.28. The van der Waals surface area contributed by atoms with Crippen LogP contribution in [0.25, 0.3) is 0 Å². The third-order valence-electron chi connectivity index (χ3n) is 11.2. The molecular formula is C57H98O6. The number of carbonyl (C=O) groups excluding carboxylic acids is 3. The minimum absolute atomic E-state index is 0.0968. The van der Waals surface area contributed by atoms with E-state index in [9.17, 15) is 14.4 Å². The molecule has 0 heterocycles. The predicted molar refractivity (Wildman–Crippen MR) is 270 cm³/mol. The number of ether oxygens (including phenoxy) is 3. The topological polar surface area (TPSA) is 78.9 Å². The summed E-state index contributed by atoms with van der Waals surface area (Å²) in [6.07, 6.45) is 64.6. The summed E-state index contributed by atoms with van der Waals surface area (Å²) in [6.45, 7) is 6.47. The van der Waals surface area contributed by atoms with Crippen molar-refractivity contribution in [2.24, 2.45) is 0 Å². The summed E-state index contributed by atoms with van der Waals surface area (Å²) in [6, 6.07) is 0. The van der Waals surface area contributed by atoms with Crippen LogP contribution in [0.15, 0.2) is 72.9 Å². The van der Waals surface area contributed by atoms with Crippen LogP contribution in [0, 0.1) is 0 Å². The molecule has 0 fully saturated rings. The molecule has 0 N–H and O–H groups in total. The van der Waals surface area contributed by atoms with E-state index < -0.39 is 6.10 Å². The molecule has 0 bridgehead atoms. The average molecular weight is 879 g/mol. The van der Waals surface area contributed by atoms with Gasteiger partial charge in [0.1, 0.15) is 13.2 Å². The number of hydrogen-bond donors (Lipinski definition) is 0. The normalized spacial score (nSPS) is 12.6. The van der Waals surface area contributed by atoms with Crippen molar-refractivity contribution in [1.82, 2.24) is 0 Å². The fourth-order valence-corrected chi connectivity index (χ4v) is 7.19. The fourth-order valence-electron chi connectivity index (χ4n) is 7.19. The van der Waals surface area contributed by atoms with Crippen LogP contribution in [0.1, 0.15) is 252 Å². The van der Waals surface area contributed by atoms with Crippen LogP contribution < -0.4 is 0 Å². The summed E-state index contributed by atoms with van der Waals surface area (Å²) in [4.78, 5) is 38.0. The van der Waals surface area contributed by atoms with E-state index in [1.807, 2.05) is 0 Å². The van der Waals surface area contributed by atoms with E-state index in [2.05, 4.69) is 93.7 Å². The van der Waals surface area contributed by atoms with Crippen molar-refractivity contribution in [3.63, 3.8) is 0 Å². The molecule has 0 aromatic carbocycles. The van der Waals surface area contributed by atoms with Crippen LogP contribution in [0.3, 0.4) is 0 Å². The van der Waals surface area contributed by atoms with Gasteiger partial charge in [-0.2, -0.15) is 0 Å². The first kappa shape index (κ1) is 59.9. The van der Waals surface area contributed by atoms with Gasteiger partial charge in [-0.05, 0) is 109 Å². The Labute approximate surface area is 389 Å². The maximum atomic E-state index is 12.8. The predicted octanol–water partition coefficient (Wildman–Crippen LogP) is 17.4. The van der Waals surface area contributed by atoms with Gasteiger partial charge in [-0.15, -0.1) is 0 Å². The standard InChI is InChI=1S/C57H98O6/c1-4-7-10-13-16-19-22-25-27-29-32-35-38-41-44-47-50-56(59)62-53-54(52-61-55(58)49-46-43-40-37-34-31-24-21-18-15-12-9-6-3)63-57(60)51-48-45-42-39-36-33-30-28-26-23-20-17-14-11-8-5-2/h7,10,16,19,25,27-28,30-32,34-35,54H,4-6,8-9,11-15,17-18,20-24,26,29,33,36-53H2,1-3H3/b10-7-,19-16-,27-25-,30-28-,34-31-,35-32-. The summed E-state index contributed by atoms with van der Waals surface area (Å²) >= 11 is 0. The van der Waals surface area contributed by atoms with Gasteiger partial charge in [0.25, 0.3) is 0 Å². The maximum Gasteiger partial charge on any atom is 0.306 e. The third kappa shape index (κ3) is 49.7. The SMILES string of the molecule is CC/C=C\C/C=C\C/C=C\C/C=C\CCCCCC(=O)OCC(COC(=O)CCCCC/C=C\CCCCCCCC)OC(=O)CCCCCCC/C=C\CCCCCCCCC. The van der Waals surface area contributed by atoms with E-state index in [-0.39, 0.29) is 31.1 Å². The second kappa shape index (κ2) is 51.5. The lowest BCUT2D eigenvalue weighted by Crippen LogP contribution is -2.30. The highest BCUT2D eigenvalue weighted by Gasteiger charge is 2.19. The van der Waals surface area contributed by atoms with Crippen LogP contribution in [-0.2, 0) is 28.6 Å². The number of unbranched alkanes of at least 4 members (excludes halogenated alkanes) is 24. The van der Waals surface area contributed by atoms with Crippen molar-refractivity contribution in [1.29, 1.82) is 0 Å². The zero-order chi connectivity index (χ0) is 45.8. The van der Waals surface area contributed by atoms with Gasteiger partial charge in [0.2, 0.25) is 0 Å². The molecule has 0 aromatic rings. The van der Waals surface area contributed by atoms with Crippen LogP contribution in [0.2, 0.25) is 0 Å². The van der Waals surface area contributed by atoms with Gasteiger partial charge >= 0.3 is 17.9 Å². The monoisotopic (exact) mass is 879 g/mol. The first-order valence-corrected chi connectivity index (χ1v) is 26.4. The molecule has 0 saturated heterocycles. The molecule has 0 aliphatic rings. The summed E-state index contributed by atoms with van der Waals surface area (Å²) in [5.41, 5.74) is 0. The van der Waals surface area contributed by atoms with Gasteiger partial charge in [-0.25, -0.2) is 0 Å². The van der Waals surface area contributed by atoms with Gasteiger partial charge in [-0.1, -0.05) is 196 Å². The Kier molecular flexibility index (Phi) is 48.9. The Morgan fingerprint density at radius 2 is 0.619 bits per heavy atom. The molecule has 0 rings (SSSR count). The Hall–Kier alpha value is -3.15. The molecule has 1 atom stereocenters. The van der Waals surface area contributed by atoms with Gasteiger partial charge < -0.3 is 14.2 Å². The van der Waals surface area contributed by atoms with Crippen molar-refractivity contribution < 1.29 is 28.6 Å². The summed E-state index contributed by atoms with van der Waals surface area (Å²) in [5, 5.41) is 0. The molecule has 1 unspecified atom stereocenters. The fraction of sp³-hybridized carbons (Fsp3) is 0.737. The molecule has 6 nitrogen and oxygen atoms in total. The number of rotatable bonds is 47. The quantitative estimate of drug-likeness (QED) is 0.0262. The molecule has 6 heteroatoms. The zero-order valence-electron chi connectivity index (χ0n) is 41.3. The van der Waals surface area contributed by atoms with Crippen molar-refractivity contribution in [3.8, 4) is 0 Å². The van der Waals surface area contributed by atoms with E-state index in [0.717, 1.165) is 116 Å². The highest BCUT2D eigenvalue weighted by Crippen LogP contribution is 2.14. The third-order valence-corrected chi connectivity index (χ3v) is 11.2. The number of allylic oxidation sites excluding steroid dienone is 12. The first-order valence-electron chi connectivity index (χ1n) is 26.4. The van der Waals surface area contributed by atoms with Crippen molar-refractivity contribution in [2.45, 2.75) is 258 Å². The van der Waals surface area contributed by atoms with Crippen LogP contribution >= 0.6 is 0 Å². The van der Waals surface area contributed by atoms with Gasteiger partial charge in [0, 0.05) is 19.3 Å². The lowest BCUT2D eigenvalue weighted by Gasteiger charge is -2.18.